The van der Waals surface area contributed by atoms with E-state index in [9.17, 15) is 22.4 Å². The molecule has 0 aliphatic heterocycles. The number of nitrogens with zero attached hydrogens (tertiary/aromatic N) is 1. The van der Waals surface area contributed by atoms with Crippen LogP contribution < -0.4 is 10.3 Å². The Labute approximate surface area is 80.9 Å². The van der Waals surface area contributed by atoms with Crippen LogP contribution in [0, 0.1) is 0 Å². The van der Waals surface area contributed by atoms with Gasteiger partial charge in [0.25, 0.3) is 5.88 Å². The maximum atomic E-state index is 12.3. The Morgan fingerprint density at radius 2 is 2.20 bits per heavy atom. The van der Waals surface area contributed by atoms with E-state index in [1.165, 1.54) is 0 Å². The first-order valence-corrected chi connectivity index (χ1v) is 3.76. The molecule has 1 aromatic rings. The van der Waals surface area contributed by atoms with Crippen molar-refractivity contribution in [1.82, 2.24) is 9.97 Å². The molecule has 0 aromatic carbocycles. The van der Waals surface area contributed by atoms with Crippen molar-refractivity contribution in [2.24, 2.45) is 0 Å². The van der Waals surface area contributed by atoms with E-state index >= 15 is 0 Å². The molecule has 0 fully saturated rings. The molecule has 0 radical (unpaired) electrons. The fraction of sp³-hybridized carbons (Fsp3) is 0.429. The van der Waals surface area contributed by atoms with E-state index in [2.05, 4.69) is 14.7 Å². The minimum absolute atomic E-state index is 0.669. The summed E-state index contributed by atoms with van der Waals surface area (Å²) >= 11 is 0. The van der Waals surface area contributed by atoms with E-state index in [1.807, 2.05) is 0 Å². The summed E-state index contributed by atoms with van der Waals surface area (Å²) in [5, 5.41) is 0. The molecule has 0 amide bonds. The summed E-state index contributed by atoms with van der Waals surface area (Å²) in [5.41, 5.74) is -0.859. The van der Waals surface area contributed by atoms with Gasteiger partial charge in [0.05, 0.1) is 0 Å². The van der Waals surface area contributed by atoms with Crippen LogP contribution in [-0.4, -0.2) is 28.9 Å². The lowest BCUT2D eigenvalue weighted by Crippen LogP contribution is -2.34. The van der Waals surface area contributed by atoms with Crippen LogP contribution in [0.25, 0.3) is 0 Å². The van der Waals surface area contributed by atoms with Gasteiger partial charge in [-0.1, -0.05) is 0 Å². The van der Waals surface area contributed by atoms with E-state index in [1.54, 1.807) is 0 Å². The zero-order chi connectivity index (χ0) is 11.5. The first kappa shape index (κ1) is 11.5. The van der Waals surface area contributed by atoms with Gasteiger partial charge in [0, 0.05) is 12.4 Å². The van der Waals surface area contributed by atoms with Crippen molar-refractivity contribution in [3.63, 3.8) is 0 Å². The number of ether oxygens (including phenoxy) is 1. The van der Waals surface area contributed by atoms with Crippen LogP contribution in [0.1, 0.15) is 0 Å². The third-order valence-corrected chi connectivity index (χ3v) is 1.40. The van der Waals surface area contributed by atoms with Crippen molar-refractivity contribution in [3.05, 3.63) is 22.7 Å². The number of H-pyrrole nitrogens is 1. The molecule has 0 unspecified atom stereocenters. The smallest absolute Gasteiger partial charge is 0.340 e. The second-order valence-electron chi connectivity index (χ2n) is 2.57. The van der Waals surface area contributed by atoms with Crippen LogP contribution >= 0.6 is 0 Å². The van der Waals surface area contributed by atoms with Gasteiger partial charge in [0.1, 0.15) is 0 Å². The van der Waals surface area contributed by atoms with E-state index < -0.39 is 30.4 Å². The van der Waals surface area contributed by atoms with Crippen molar-refractivity contribution < 1.29 is 22.3 Å². The van der Waals surface area contributed by atoms with Crippen molar-refractivity contribution in [2.75, 3.05) is 6.61 Å². The average Bonchev–Trinajstić information content (AvgIpc) is 2.16. The lowest BCUT2D eigenvalue weighted by Gasteiger charge is -2.14. The van der Waals surface area contributed by atoms with Gasteiger partial charge in [-0.2, -0.15) is 8.78 Å². The Hall–Kier alpha value is -1.60. The average molecular weight is 226 g/mol. The van der Waals surface area contributed by atoms with Crippen molar-refractivity contribution >= 4 is 0 Å². The molecule has 0 aliphatic carbocycles. The van der Waals surface area contributed by atoms with Crippen LogP contribution in [0.5, 0.6) is 5.88 Å². The fourth-order valence-electron chi connectivity index (χ4n) is 0.669. The van der Waals surface area contributed by atoms with Gasteiger partial charge in [-0.3, -0.25) is 4.79 Å². The summed E-state index contributed by atoms with van der Waals surface area (Å²) in [4.78, 5) is 16.2. The molecule has 1 aromatic heterocycles. The van der Waals surface area contributed by atoms with E-state index in [4.69, 9.17) is 0 Å². The summed E-state index contributed by atoms with van der Waals surface area (Å²) < 4.78 is 52.2. The molecular formula is C7H6F4N2O2. The second-order valence-corrected chi connectivity index (χ2v) is 2.57. The molecule has 8 heteroatoms. The Balaban J connectivity index is 2.66. The summed E-state index contributed by atoms with van der Waals surface area (Å²) in [7, 11) is 0. The number of aromatic nitrogens is 2. The summed E-state index contributed by atoms with van der Waals surface area (Å²) in [6, 6.07) is 0. The minimum Gasteiger partial charge on any atom is -0.467 e. The van der Waals surface area contributed by atoms with Crippen LogP contribution in [0.4, 0.5) is 17.6 Å². The lowest BCUT2D eigenvalue weighted by atomic mass is 10.4. The quantitative estimate of drug-likeness (QED) is 0.780. The van der Waals surface area contributed by atoms with Crippen LogP contribution in [0.3, 0.4) is 0 Å². The number of nitrogens with one attached hydrogen (secondary N) is 1. The zero-order valence-electron chi connectivity index (χ0n) is 7.21. The molecule has 0 saturated heterocycles. The summed E-state index contributed by atoms with van der Waals surface area (Å²) in [6.07, 6.45) is -1.61. The predicted molar refractivity (Wildman–Crippen MR) is 41.3 cm³/mol. The van der Waals surface area contributed by atoms with E-state index in [0.29, 0.717) is 0 Å². The van der Waals surface area contributed by atoms with Crippen LogP contribution in [-0.2, 0) is 0 Å². The normalized spacial score (nSPS) is 11.8. The van der Waals surface area contributed by atoms with Gasteiger partial charge in [-0.25, -0.2) is 13.8 Å². The molecule has 1 heterocycles. The second kappa shape index (κ2) is 4.28. The first-order valence-electron chi connectivity index (χ1n) is 3.76. The first-order chi connectivity index (χ1) is 6.93. The lowest BCUT2D eigenvalue weighted by molar-refractivity contribution is -0.148. The number of aromatic amines is 1. The number of rotatable bonds is 4. The molecule has 1 rings (SSSR count). The monoisotopic (exact) mass is 226 g/mol. The van der Waals surface area contributed by atoms with Gasteiger partial charge < -0.3 is 9.72 Å². The largest absolute Gasteiger partial charge is 0.467 e. The zero-order valence-corrected chi connectivity index (χ0v) is 7.21. The topological polar surface area (TPSA) is 55.0 Å². The van der Waals surface area contributed by atoms with Crippen molar-refractivity contribution in [3.8, 4) is 5.88 Å². The number of hydrogen-bond acceptors (Lipinski definition) is 3. The van der Waals surface area contributed by atoms with Crippen molar-refractivity contribution in [2.45, 2.75) is 12.3 Å². The van der Waals surface area contributed by atoms with Gasteiger partial charge in [-0.05, 0) is 0 Å². The van der Waals surface area contributed by atoms with E-state index in [-0.39, 0.29) is 0 Å². The highest BCUT2D eigenvalue weighted by atomic mass is 19.3. The SMILES string of the molecule is O=c1[nH]ccnc1OCC(F)(F)C(F)F. The van der Waals surface area contributed by atoms with Crippen LogP contribution in [0.2, 0.25) is 0 Å². The molecule has 4 nitrogen and oxygen atoms in total. The molecule has 15 heavy (non-hydrogen) atoms. The van der Waals surface area contributed by atoms with Gasteiger partial charge in [0.2, 0.25) is 0 Å². The molecule has 0 atom stereocenters. The van der Waals surface area contributed by atoms with Gasteiger partial charge in [0.15, 0.2) is 6.61 Å². The minimum atomic E-state index is -4.30. The Morgan fingerprint density at radius 3 is 2.73 bits per heavy atom. The Kier molecular flexibility index (Phi) is 3.28. The molecule has 0 spiro atoms. The standard InChI is InChI=1S/C7H6F4N2O2/c8-6(9)7(10,11)3-15-5-4(14)12-1-2-13-5/h1-2,6H,3H2,(H,12,14). The Bertz CT molecular complexity index is 379. The maximum Gasteiger partial charge on any atom is 0.340 e. The highest BCUT2D eigenvalue weighted by molar-refractivity contribution is 5.02. The summed E-state index contributed by atoms with van der Waals surface area (Å²) in [6.45, 7) is -1.59. The Morgan fingerprint density at radius 1 is 1.53 bits per heavy atom. The molecule has 0 aliphatic rings. The summed E-state index contributed by atoms with van der Waals surface area (Å²) in [5.74, 6) is -4.97. The molecule has 0 saturated carbocycles. The van der Waals surface area contributed by atoms with Crippen LogP contribution in [0.15, 0.2) is 17.2 Å². The fourth-order valence-corrected chi connectivity index (χ4v) is 0.669. The number of hydrogen-bond donors (Lipinski definition) is 1. The third-order valence-electron chi connectivity index (χ3n) is 1.40. The number of alkyl halides is 4. The molecule has 84 valence electrons. The molecule has 0 bridgehead atoms. The molecular weight excluding hydrogens is 220 g/mol. The van der Waals surface area contributed by atoms with Gasteiger partial charge in [-0.15, -0.1) is 0 Å². The number of halogens is 4. The van der Waals surface area contributed by atoms with Crippen molar-refractivity contribution in [1.29, 1.82) is 0 Å². The highest BCUT2D eigenvalue weighted by Crippen LogP contribution is 2.22. The van der Waals surface area contributed by atoms with E-state index in [0.717, 1.165) is 12.4 Å². The third kappa shape index (κ3) is 2.93. The van der Waals surface area contributed by atoms with Gasteiger partial charge >= 0.3 is 17.9 Å². The molecule has 1 N–H and O–H groups in total. The highest BCUT2D eigenvalue weighted by Gasteiger charge is 2.42. The predicted octanol–water partition coefficient (Wildman–Crippen LogP) is 1.05. The maximum absolute atomic E-state index is 12.3.